The van der Waals surface area contributed by atoms with Gasteiger partial charge < -0.3 is 9.88 Å². The summed E-state index contributed by atoms with van der Waals surface area (Å²) in [5, 5.41) is 0.974. The van der Waals surface area contributed by atoms with Gasteiger partial charge in [0.25, 0.3) is 5.91 Å². The number of carbonyl (C=O) groups excluding carboxylic acids is 1. The predicted molar refractivity (Wildman–Crippen MR) is 110 cm³/mol. The minimum Gasteiger partial charge on any atom is -0.351 e. The fourth-order valence-electron chi connectivity index (χ4n) is 3.62. The highest BCUT2D eigenvalue weighted by Gasteiger charge is 2.32. The van der Waals surface area contributed by atoms with Gasteiger partial charge in [-0.15, -0.1) is 0 Å². The van der Waals surface area contributed by atoms with E-state index in [1.165, 1.54) is 4.31 Å². The molecule has 2 aromatic heterocycles. The first kappa shape index (κ1) is 18.2. The lowest BCUT2D eigenvalue weighted by Gasteiger charge is -2.33. The summed E-state index contributed by atoms with van der Waals surface area (Å²) in [6.07, 6.45) is 0. The molecule has 0 saturated carbocycles. The number of carbonyl (C=O) groups is 1. The Morgan fingerprint density at radius 1 is 1.00 bits per heavy atom. The quantitative estimate of drug-likeness (QED) is 0.541. The van der Waals surface area contributed by atoms with Gasteiger partial charge in [0.1, 0.15) is 21.6 Å². The Labute approximate surface area is 171 Å². The molecular formula is C19H17N5O3S2. The highest BCUT2D eigenvalue weighted by atomic mass is 32.2. The molecule has 5 rings (SSSR count). The number of piperazine rings is 1. The van der Waals surface area contributed by atoms with Crippen LogP contribution in [0, 0.1) is 0 Å². The van der Waals surface area contributed by atoms with Crippen molar-refractivity contribution >= 4 is 49.6 Å². The zero-order chi connectivity index (χ0) is 20.0. The van der Waals surface area contributed by atoms with Crippen molar-refractivity contribution in [3.05, 3.63) is 54.2 Å². The lowest BCUT2D eigenvalue weighted by Crippen LogP contribution is -2.50. The first-order valence-corrected chi connectivity index (χ1v) is 11.3. The smallest absolute Gasteiger partial charge is 0.270 e. The van der Waals surface area contributed by atoms with Gasteiger partial charge in [-0.25, -0.2) is 8.42 Å². The molecule has 1 amide bonds. The van der Waals surface area contributed by atoms with Crippen LogP contribution in [0.4, 0.5) is 0 Å². The van der Waals surface area contributed by atoms with Crippen molar-refractivity contribution in [2.24, 2.45) is 0 Å². The fraction of sp³-hybridized carbons (Fsp3) is 0.211. The molecule has 0 spiro atoms. The minimum atomic E-state index is -3.70. The van der Waals surface area contributed by atoms with Gasteiger partial charge in [0.15, 0.2) is 0 Å². The Morgan fingerprint density at radius 2 is 1.79 bits per heavy atom. The van der Waals surface area contributed by atoms with Crippen LogP contribution in [-0.4, -0.2) is 63.4 Å². The molecule has 148 valence electrons. The van der Waals surface area contributed by atoms with Crippen LogP contribution in [0.25, 0.3) is 21.9 Å². The van der Waals surface area contributed by atoms with E-state index in [1.54, 1.807) is 23.1 Å². The van der Waals surface area contributed by atoms with E-state index in [1.807, 2.05) is 30.3 Å². The Hall–Kier alpha value is -2.82. The summed E-state index contributed by atoms with van der Waals surface area (Å²) in [7, 11) is -3.70. The molecule has 0 radical (unpaired) electrons. The standard InChI is InChI=1S/C19H17N5O3S2/c25-19(16-12-13-4-1-2-5-14(13)20-16)23-8-10-24(11-9-23)29(26,27)17-7-3-6-15-18(17)22-28-21-15/h1-7,12,20H,8-11H2. The van der Waals surface area contributed by atoms with Gasteiger partial charge in [-0.1, -0.05) is 24.3 Å². The molecule has 0 unspecified atom stereocenters. The summed E-state index contributed by atoms with van der Waals surface area (Å²) in [5.74, 6) is -0.121. The highest BCUT2D eigenvalue weighted by Crippen LogP contribution is 2.25. The number of aromatic nitrogens is 3. The third kappa shape index (κ3) is 3.09. The molecule has 1 aliphatic rings. The van der Waals surface area contributed by atoms with Crippen molar-refractivity contribution in [2.75, 3.05) is 26.2 Å². The van der Waals surface area contributed by atoms with E-state index < -0.39 is 10.0 Å². The number of sulfonamides is 1. The van der Waals surface area contributed by atoms with Crippen LogP contribution in [0.5, 0.6) is 0 Å². The minimum absolute atomic E-state index is 0.121. The number of hydrogen-bond donors (Lipinski definition) is 1. The SMILES string of the molecule is O=C(c1cc2ccccc2[nH]1)N1CCN(S(=O)(=O)c2cccc3nsnc23)CC1. The highest BCUT2D eigenvalue weighted by molar-refractivity contribution is 7.89. The summed E-state index contributed by atoms with van der Waals surface area (Å²) in [6.45, 7) is 1.14. The molecular weight excluding hydrogens is 410 g/mol. The van der Waals surface area contributed by atoms with Gasteiger partial charge in [0.05, 0.1) is 11.7 Å². The summed E-state index contributed by atoms with van der Waals surface area (Å²) in [5.41, 5.74) is 2.39. The Morgan fingerprint density at radius 3 is 2.59 bits per heavy atom. The molecule has 0 aliphatic carbocycles. The zero-order valence-electron chi connectivity index (χ0n) is 15.3. The molecule has 4 aromatic rings. The van der Waals surface area contributed by atoms with Crippen molar-refractivity contribution in [1.82, 2.24) is 22.9 Å². The van der Waals surface area contributed by atoms with Crippen molar-refractivity contribution < 1.29 is 13.2 Å². The van der Waals surface area contributed by atoms with E-state index in [0.717, 1.165) is 22.6 Å². The van der Waals surface area contributed by atoms with Crippen LogP contribution in [-0.2, 0) is 10.0 Å². The van der Waals surface area contributed by atoms with E-state index in [0.29, 0.717) is 29.8 Å². The predicted octanol–water partition coefficient (Wildman–Crippen LogP) is 2.32. The molecule has 29 heavy (non-hydrogen) atoms. The van der Waals surface area contributed by atoms with Crippen LogP contribution in [0.3, 0.4) is 0 Å². The number of H-pyrrole nitrogens is 1. The second-order valence-electron chi connectivity index (χ2n) is 6.85. The first-order chi connectivity index (χ1) is 14.0. The lowest BCUT2D eigenvalue weighted by molar-refractivity contribution is 0.0693. The van der Waals surface area contributed by atoms with Gasteiger partial charge in [0.2, 0.25) is 10.0 Å². The summed E-state index contributed by atoms with van der Waals surface area (Å²) in [4.78, 5) is 17.8. The average molecular weight is 428 g/mol. The molecule has 3 heterocycles. The van der Waals surface area contributed by atoms with Gasteiger partial charge in [-0.05, 0) is 24.3 Å². The van der Waals surface area contributed by atoms with Crippen molar-refractivity contribution in [1.29, 1.82) is 0 Å². The molecule has 1 saturated heterocycles. The monoisotopic (exact) mass is 427 g/mol. The zero-order valence-corrected chi connectivity index (χ0v) is 16.9. The van der Waals surface area contributed by atoms with Crippen molar-refractivity contribution in [3.63, 3.8) is 0 Å². The maximum Gasteiger partial charge on any atom is 0.270 e. The lowest BCUT2D eigenvalue weighted by atomic mass is 10.2. The number of para-hydroxylation sites is 1. The molecule has 0 atom stereocenters. The number of hydrogen-bond acceptors (Lipinski definition) is 6. The van der Waals surface area contributed by atoms with Crippen LogP contribution < -0.4 is 0 Å². The molecule has 1 aliphatic heterocycles. The first-order valence-electron chi connectivity index (χ1n) is 9.12. The Bertz CT molecular complexity index is 1290. The Kier molecular flexibility index (Phi) is 4.34. The second-order valence-corrected chi connectivity index (χ2v) is 9.29. The number of fused-ring (bicyclic) bond motifs is 2. The van der Waals surface area contributed by atoms with Gasteiger partial charge in [-0.2, -0.15) is 13.1 Å². The van der Waals surface area contributed by atoms with E-state index >= 15 is 0 Å². The Balaban J connectivity index is 1.34. The largest absolute Gasteiger partial charge is 0.351 e. The molecule has 10 heteroatoms. The third-order valence-electron chi connectivity index (χ3n) is 5.15. The van der Waals surface area contributed by atoms with Crippen LogP contribution >= 0.6 is 11.7 Å². The number of rotatable bonds is 3. The number of aromatic amines is 1. The summed E-state index contributed by atoms with van der Waals surface area (Å²) >= 11 is 0.994. The van der Waals surface area contributed by atoms with Gasteiger partial charge in [-0.3, -0.25) is 4.79 Å². The topological polar surface area (TPSA) is 99.3 Å². The fourth-order valence-corrected chi connectivity index (χ4v) is 5.79. The normalized spacial score (nSPS) is 15.9. The van der Waals surface area contributed by atoms with Crippen molar-refractivity contribution in [2.45, 2.75) is 4.90 Å². The molecule has 2 aromatic carbocycles. The maximum atomic E-state index is 13.1. The third-order valence-corrected chi connectivity index (χ3v) is 7.63. The average Bonchev–Trinajstić information content (AvgIpc) is 3.39. The van der Waals surface area contributed by atoms with E-state index in [2.05, 4.69) is 13.7 Å². The van der Waals surface area contributed by atoms with Gasteiger partial charge >= 0.3 is 0 Å². The second kappa shape index (κ2) is 6.90. The van der Waals surface area contributed by atoms with Gasteiger partial charge in [0, 0.05) is 37.1 Å². The molecule has 8 nitrogen and oxygen atoms in total. The van der Waals surface area contributed by atoms with Crippen LogP contribution in [0.2, 0.25) is 0 Å². The molecule has 1 fully saturated rings. The van der Waals surface area contributed by atoms with Crippen LogP contribution in [0.15, 0.2) is 53.4 Å². The van der Waals surface area contributed by atoms with Crippen LogP contribution in [0.1, 0.15) is 10.5 Å². The molecule has 0 bridgehead atoms. The number of amides is 1. The van der Waals surface area contributed by atoms with Crippen molar-refractivity contribution in [3.8, 4) is 0 Å². The summed E-state index contributed by atoms with van der Waals surface area (Å²) in [6, 6.07) is 14.5. The number of benzene rings is 2. The maximum absolute atomic E-state index is 13.1. The molecule has 1 N–H and O–H groups in total. The van der Waals surface area contributed by atoms with E-state index in [9.17, 15) is 13.2 Å². The number of nitrogens with zero attached hydrogens (tertiary/aromatic N) is 4. The summed E-state index contributed by atoms with van der Waals surface area (Å²) < 4.78 is 35.9. The van der Waals surface area contributed by atoms with E-state index in [-0.39, 0.29) is 23.9 Å². The number of nitrogens with one attached hydrogen (secondary N) is 1. The van der Waals surface area contributed by atoms with E-state index in [4.69, 9.17) is 0 Å².